The van der Waals surface area contributed by atoms with Gasteiger partial charge in [-0.05, 0) is 0 Å². The minimum atomic E-state index is -3.68. The minimum Gasteiger partial charge on any atom is -0.335 e. The second kappa shape index (κ2) is 1.49. The molecule has 38 valence electrons. The molecule has 0 aliphatic rings. The van der Waals surface area contributed by atoms with Crippen molar-refractivity contribution in [1.82, 2.24) is 0 Å². The molecule has 0 aromatic heterocycles. The average molecular weight is 97.1 g/mol. The van der Waals surface area contributed by atoms with E-state index >= 15 is 0 Å². The van der Waals surface area contributed by atoms with Crippen LogP contribution >= 0.6 is 0 Å². The number of alkyl halides is 2. The normalized spacial score (nSPS) is 12.0. The summed E-state index contributed by atoms with van der Waals surface area (Å²) in [5, 5.41) is 7.37. The van der Waals surface area contributed by atoms with Gasteiger partial charge in [0.05, 0.1) is 6.54 Å². The highest BCUT2D eigenvalue weighted by Crippen LogP contribution is 2.02. The van der Waals surface area contributed by atoms with Crippen LogP contribution in [0.4, 0.5) is 8.78 Å². The van der Waals surface area contributed by atoms with Gasteiger partial charge in [-0.25, -0.2) is 0 Å². The Morgan fingerprint density at radius 2 is 1.83 bits per heavy atom. The third-order valence-corrected chi connectivity index (χ3v) is 0.246. The zero-order valence-corrected chi connectivity index (χ0v) is 2.99. The molecule has 0 bridgehead atoms. The second-order valence-corrected chi connectivity index (χ2v) is 0.870. The van der Waals surface area contributed by atoms with E-state index in [1.807, 2.05) is 0 Å². The summed E-state index contributed by atoms with van der Waals surface area (Å²) in [5.74, 6) is 0. The summed E-state index contributed by atoms with van der Waals surface area (Å²) in [4.78, 5) is 0. The molecule has 0 saturated carbocycles. The van der Waals surface area contributed by atoms with Gasteiger partial charge in [-0.3, -0.25) is 0 Å². The molecule has 0 aliphatic carbocycles. The predicted molar refractivity (Wildman–Crippen MR) is 16.2 cm³/mol. The second-order valence-electron chi connectivity index (χ2n) is 0.870. The van der Waals surface area contributed by atoms with Crippen LogP contribution in [0.5, 0.6) is 0 Å². The van der Waals surface area contributed by atoms with Crippen LogP contribution in [0.15, 0.2) is 0 Å². The molecule has 0 fully saturated rings. The van der Waals surface area contributed by atoms with E-state index in [-0.39, 0.29) is 0 Å². The van der Waals surface area contributed by atoms with Crippen molar-refractivity contribution in [3.8, 4) is 0 Å². The van der Waals surface area contributed by atoms with E-state index in [0.29, 0.717) is 0 Å². The van der Waals surface area contributed by atoms with Gasteiger partial charge in [0, 0.05) is 0 Å². The molecule has 2 nitrogen and oxygen atoms in total. The monoisotopic (exact) mass is 97.0 g/mol. The van der Waals surface area contributed by atoms with Crippen LogP contribution < -0.4 is 5.73 Å². The topological polar surface area (TPSA) is 46.2 Å². The molecule has 6 heavy (non-hydrogen) atoms. The smallest absolute Gasteiger partial charge is 0.335 e. The minimum absolute atomic E-state index is 1.01. The Hall–Kier alpha value is -0.220. The number of hydrogen-bond donors (Lipinski definition) is 2. The first-order chi connectivity index (χ1) is 2.56. The first kappa shape index (κ1) is 5.78. The molecule has 3 N–H and O–H groups in total. The van der Waals surface area contributed by atoms with Gasteiger partial charge in [0.2, 0.25) is 0 Å². The van der Waals surface area contributed by atoms with Crippen molar-refractivity contribution in [1.29, 1.82) is 0 Å². The Bertz CT molecular complexity index is 41.3. The highest BCUT2D eigenvalue weighted by atomic mass is 19.3. The van der Waals surface area contributed by atoms with Gasteiger partial charge in [0.25, 0.3) is 0 Å². The molecule has 0 aromatic carbocycles. The highest BCUT2D eigenvalue weighted by molar-refractivity contribution is 4.43. The lowest BCUT2D eigenvalue weighted by molar-refractivity contribution is -0.188. The standard InChI is InChI=1S/C2H5F2NO/c3-2(4,6)1-5/h6H,1,5H2. The fourth-order valence-electron chi connectivity index (χ4n) is 0. The molecule has 0 rings (SSSR count). The van der Waals surface area contributed by atoms with Crippen molar-refractivity contribution >= 4 is 0 Å². The highest BCUT2D eigenvalue weighted by Gasteiger charge is 2.19. The molecule has 0 spiro atoms. The molecule has 4 heteroatoms. The number of nitrogens with two attached hydrogens (primary N) is 1. The van der Waals surface area contributed by atoms with E-state index in [2.05, 4.69) is 5.73 Å². The number of rotatable bonds is 1. The van der Waals surface area contributed by atoms with Crippen molar-refractivity contribution < 1.29 is 13.9 Å². The van der Waals surface area contributed by atoms with Gasteiger partial charge >= 0.3 is 6.11 Å². The van der Waals surface area contributed by atoms with Gasteiger partial charge < -0.3 is 10.8 Å². The zero-order valence-electron chi connectivity index (χ0n) is 2.99. The first-order valence-electron chi connectivity index (χ1n) is 1.36. The van der Waals surface area contributed by atoms with Crippen LogP contribution in [-0.4, -0.2) is 17.8 Å². The van der Waals surface area contributed by atoms with Gasteiger partial charge in [0.1, 0.15) is 0 Å². The Balaban J connectivity index is 3.17. The van der Waals surface area contributed by atoms with Crippen molar-refractivity contribution in [2.24, 2.45) is 5.73 Å². The van der Waals surface area contributed by atoms with Gasteiger partial charge in [0.15, 0.2) is 0 Å². The lowest BCUT2D eigenvalue weighted by atomic mass is 10.6. The third kappa shape index (κ3) is 3.78. The fourth-order valence-corrected chi connectivity index (χ4v) is 0. The van der Waals surface area contributed by atoms with E-state index in [0.717, 1.165) is 0 Å². The van der Waals surface area contributed by atoms with E-state index in [1.54, 1.807) is 0 Å². The molecule has 0 saturated heterocycles. The average Bonchev–Trinajstić information content (AvgIpc) is 1.35. The molecule has 0 unspecified atom stereocenters. The first-order valence-corrected chi connectivity index (χ1v) is 1.36. The van der Waals surface area contributed by atoms with Crippen LogP contribution in [0.1, 0.15) is 0 Å². The Morgan fingerprint density at radius 1 is 1.67 bits per heavy atom. The summed E-state index contributed by atoms with van der Waals surface area (Å²) in [6.45, 7) is -1.01. The van der Waals surface area contributed by atoms with Crippen molar-refractivity contribution in [2.75, 3.05) is 6.54 Å². The molecule has 0 heterocycles. The summed E-state index contributed by atoms with van der Waals surface area (Å²) in [5.41, 5.74) is 4.31. The maximum atomic E-state index is 10.9. The predicted octanol–water partition coefficient (Wildman–Crippen LogP) is -0.470. The molecule has 0 radical (unpaired) electrons. The van der Waals surface area contributed by atoms with Crippen molar-refractivity contribution in [3.05, 3.63) is 0 Å². The van der Waals surface area contributed by atoms with Crippen LogP contribution in [0.2, 0.25) is 0 Å². The summed E-state index contributed by atoms with van der Waals surface area (Å²) in [7, 11) is 0. The van der Waals surface area contributed by atoms with Crippen molar-refractivity contribution in [3.63, 3.8) is 0 Å². The quantitative estimate of drug-likeness (QED) is 0.464. The fraction of sp³-hybridized carbons (Fsp3) is 1.00. The summed E-state index contributed by atoms with van der Waals surface area (Å²) in [6.07, 6.45) is -3.68. The molecule has 0 amide bonds. The molecule has 0 aromatic rings. The van der Waals surface area contributed by atoms with E-state index < -0.39 is 12.7 Å². The zero-order chi connectivity index (χ0) is 5.21. The SMILES string of the molecule is NCC(O)(F)F. The number of halogens is 2. The summed E-state index contributed by atoms with van der Waals surface area (Å²) < 4.78 is 21.8. The molecule has 0 aliphatic heterocycles. The lowest BCUT2D eigenvalue weighted by Gasteiger charge is -2.00. The lowest BCUT2D eigenvalue weighted by Crippen LogP contribution is -2.26. The largest absolute Gasteiger partial charge is 0.365 e. The maximum Gasteiger partial charge on any atom is 0.365 e. The molecular formula is C2H5F2NO. The van der Waals surface area contributed by atoms with Crippen LogP contribution in [0, 0.1) is 0 Å². The van der Waals surface area contributed by atoms with E-state index in [4.69, 9.17) is 5.11 Å². The molecular weight excluding hydrogens is 92.0 g/mol. The van der Waals surface area contributed by atoms with E-state index in [9.17, 15) is 8.78 Å². The van der Waals surface area contributed by atoms with E-state index in [1.165, 1.54) is 0 Å². The Morgan fingerprint density at radius 3 is 1.83 bits per heavy atom. The third-order valence-electron chi connectivity index (χ3n) is 0.246. The van der Waals surface area contributed by atoms with Crippen LogP contribution in [0.25, 0.3) is 0 Å². The van der Waals surface area contributed by atoms with Crippen molar-refractivity contribution in [2.45, 2.75) is 6.11 Å². The Labute approximate surface area is 33.6 Å². The van der Waals surface area contributed by atoms with Crippen LogP contribution in [0.3, 0.4) is 0 Å². The van der Waals surface area contributed by atoms with Gasteiger partial charge in [-0.15, -0.1) is 0 Å². The maximum absolute atomic E-state index is 10.9. The Kier molecular flexibility index (Phi) is 1.43. The summed E-state index contributed by atoms with van der Waals surface area (Å²) >= 11 is 0. The van der Waals surface area contributed by atoms with Gasteiger partial charge in [-0.2, -0.15) is 8.78 Å². The van der Waals surface area contributed by atoms with Gasteiger partial charge in [-0.1, -0.05) is 0 Å². The van der Waals surface area contributed by atoms with Crippen LogP contribution in [-0.2, 0) is 0 Å². The number of aliphatic hydroxyl groups is 1. The molecule has 0 atom stereocenters. The number of hydrogen-bond acceptors (Lipinski definition) is 2. The summed E-state index contributed by atoms with van der Waals surface area (Å²) in [6, 6.07) is 0.